The quantitative estimate of drug-likeness (QED) is 0.809. The van der Waals surface area contributed by atoms with Crippen LogP contribution in [0.5, 0.6) is 5.75 Å². The van der Waals surface area contributed by atoms with Crippen molar-refractivity contribution in [3.8, 4) is 11.8 Å². The van der Waals surface area contributed by atoms with Crippen LogP contribution in [0.2, 0.25) is 0 Å². The second-order valence-corrected chi connectivity index (χ2v) is 5.74. The number of benzene rings is 1. The van der Waals surface area contributed by atoms with Gasteiger partial charge in [-0.1, -0.05) is 31.4 Å². The van der Waals surface area contributed by atoms with Crippen LogP contribution in [0.15, 0.2) is 24.3 Å². The van der Waals surface area contributed by atoms with Crippen LogP contribution in [0.3, 0.4) is 0 Å². The number of hydrogen-bond acceptors (Lipinski definition) is 4. The van der Waals surface area contributed by atoms with Crippen LogP contribution in [0, 0.1) is 17.2 Å². The Kier molecular flexibility index (Phi) is 6.52. The van der Waals surface area contributed by atoms with Gasteiger partial charge in [0.2, 0.25) is 0 Å². The second kappa shape index (κ2) is 8.66. The smallest absolute Gasteiger partial charge is 0.137 e. The Morgan fingerprint density at radius 2 is 2.05 bits per heavy atom. The third-order valence-electron chi connectivity index (χ3n) is 3.98. The lowest BCUT2D eigenvalue weighted by atomic mass is 9.89. The zero-order valence-electron chi connectivity index (χ0n) is 12.4. The monoisotopic (exact) mass is 288 g/mol. The third kappa shape index (κ3) is 5.37. The van der Waals surface area contributed by atoms with E-state index in [1.807, 2.05) is 6.07 Å². The van der Waals surface area contributed by atoms with E-state index in [0.29, 0.717) is 17.9 Å². The Labute approximate surface area is 126 Å². The van der Waals surface area contributed by atoms with Crippen LogP contribution < -0.4 is 10.1 Å². The van der Waals surface area contributed by atoms with Gasteiger partial charge in [0, 0.05) is 6.54 Å². The SMILES string of the molecule is N#Cc1ccccc1OCC(O)CNCC1CCCCC1. The molecule has 1 atom stereocenters. The highest BCUT2D eigenvalue weighted by atomic mass is 16.5. The molecule has 1 aliphatic rings. The average Bonchev–Trinajstić information content (AvgIpc) is 2.54. The molecule has 0 aliphatic heterocycles. The molecule has 0 aromatic heterocycles. The summed E-state index contributed by atoms with van der Waals surface area (Å²) >= 11 is 0. The first kappa shape index (κ1) is 15.8. The van der Waals surface area contributed by atoms with Gasteiger partial charge in [0.05, 0.1) is 5.56 Å². The van der Waals surface area contributed by atoms with E-state index >= 15 is 0 Å². The van der Waals surface area contributed by atoms with Gasteiger partial charge in [-0.15, -0.1) is 0 Å². The molecule has 1 fully saturated rings. The summed E-state index contributed by atoms with van der Waals surface area (Å²) in [5, 5.41) is 22.2. The number of aliphatic hydroxyl groups excluding tert-OH is 1. The van der Waals surface area contributed by atoms with Gasteiger partial charge in [-0.3, -0.25) is 0 Å². The van der Waals surface area contributed by atoms with Crippen molar-refractivity contribution in [3.63, 3.8) is 0 Å². The van der Waals surface area contributed by atoms with Crippen molar-refractivity contribution in [1.29, 1.82) is 5.26 Å². The molecule has 0 amide bonds. The first-order valence-corrected chi connectivity index (χ1v) is 7.80. The van der Waals surface area contributed by atoms with E-state index in [9.17, 15) is 5.11 Å². The third-order valence-corrected chi connectivity index (χ3v) is 3.98. The van der Waals surface area contributed by atoms with Crippen LogP contribution in [-0.4, -0.2) is 30.9 Å². The highest BCUT2D eigenvalue weighted by molar-refractivity contribution is 5.42. The lowest BCUT2D eigenvalue weighted by molar-refractivity contribution is 0.104. The van der Waals surface area contributed by atoms with Crippen molar-refractivity contribution in [3.05, 3.63) is 29.8 Å². The van der Waals surface area contributed by atoms with E-state index in [1.54, 1.807) is 18.2 Å². The molecule has 2 N–H and O–H groups in total. The van der Waals surface area contributed by atoms with E-state index < -0.39 is 6.10 Å². The predicted molar refractivity (Wildman–Crippen MR) is 82.1 cm³/mol. The van der Waals surface area contributed by atoms with Gasteiger partial charge < -0.3 is 15.2 Å². The maximum atomic E-state index is 9.93. The van der Waals surface area contributed by atoms with Gasteiger partial charge in [-0.05, 0) is 37.4 Å². The summed E-state index contributed by atoms with van der Waals surface area (Å²) in [7, 11) is 0. The highest BCUT2D eigenvalue weighted by Gasteiger charge is 2.14. The first-order chi connectivity index (χ1) is 10.3. The summed E-state index contributed by atoms with van der Waals surface area (Å²) in [6, 6.07) is 9.17. The topological polar surface area (TPSA) is 65.3 Å². The van der Waals surface area contributed by atoms with E-state index in [1.165, 1.54) is 32.1 Å². The molecular formula is C17H24N2O2. The van der Waals surface area contributed by atoms with Gasteiger partial charge in [0.15, 0.2) is 0 Å². The minimum Gasteiger partial charge on any atom is -0.489 e. The van der Waals surface area contributed by atoms with E-state index in [-0.39, 0.29) is 6.61 Å². The molecule has 0 saturated heterocycles. The summed E-state index contributed by atoms with van der Waals surface area (Å²) in [5.74, 6) is 1.29. The minimum absolute atomic E-state index is 0.205. The van der Waals surface area contributed by atoms with E-state index in [0.717, 1.165) is 12.5 Å². The summed E-state index contributed by atoms with van der Waals surface area (Å²) in [5.41, 5.74) is 0.500. The number of ether oxygens (including phenoxy) is 1. The maximum absolute atomic E-state index is 9.93. The number of nitriles is 1. The molecule has 0 spiro atoms. The molecule has 1 unspecified atom stereocenters. The molecule has 1 aromatic rings. The van der Waals surface area contributed by atoms with Gasteiger partial charge in [-0.25, -0.2) is 0 Å². The Bertz CT molecular complexity index is 464. The molecule has 114 valence electrons. The summed E-state index contributed by atoms with van der Waals surface area (Å²) < 4.78 is 5.52. The van der Waals surface area contributed by atoms with Gasteiger partial charge in [0.25, 0.3) is 0 Å². The van der Waals surface area contributed by atoms with Gasteiger partial charge in [-0.2, -0.15) is 5.26 Å². The molecule has 2 rings (SSSR count). The molecule has 0 radical (unpaired) electrons. The Morgan fingerprint density at radius 3 is 2.81 bits per heavy atom. The van der Waals surface area contributed by atoms with Crippen molar-refractivity contribution in [1.82, 2.24) is 5.32 Å². The normalized spacial score (nSPS) is 17.1. The second-order valence-electron chi connectivity index (χ2n) is 5.74. The number of aliphatic hydroxyl groups is 1. The van der Waals surface area contributed by atoms with E-state index in [4.69, 9.17) is 10.00 Å². The molecule has 1 aromatic carbocycles. The minimum atomic E-state index is -0.555. The Morgan fingerprint density at radius 1 is 1.29 bits per heavy atom. The van der Waals surface area contributed by atoms with Crippen LogP contribution >= 0.6 is 0 Å². The van der Waals surface area contributed by atoms with Crippen molar-refractivity contribution in [2.24, 2.45) is 5.92 Å². The van der Waals surface area contributed by atoms with Crippen molar-refractivity contribution in [2.75, 3.05) is 19.7 Å². The molecule has 21 heavy (non-hydrogen) atoms. The van der Waals surface area contributed by atoms with Crippen LogP contribution in [-0.2, 0) is 0 Å². The fourth-order valence-electron chi connectivity index (χ4n) is 2.78. The van der Waals surface area contributed by atoms with E-state index in [2.05, 4.69) is 11.4 Å². The molecule has 4 heteroatoms. The van der Waals surface area contributed by atoms with Crippen LogP contribution in [0.1, 0.15) is 37.7 Å². The average molecular weight is 288 g/mol. The molecule has 1 aliphatic carbocycles. The standard InChI is InChI=1S/C17H24N2O2/c18-10-15-8-4-5-9-17(15)21-13-16(20)12-19-11-14-6-2-1-3-7-14/h4-5,8-9,14,16,19-20H,1-3,6-7,11-13H2. The maximum Gasteiger partial charge on any atom is 0.137 e. The van der Waals surface area contributed by atoms with Gasteiger partial charge >= 0.3 is 0 Å². The van der Waals surface area contributed by atoms with Crippen LogP contribution in [0.25, 0.3) is 0 Å². The summed E-state index contributed by atoms with van der Waals surface area (Å²) in [6.07, 6.45) is 6.09. The molecule has 0 heterocycles. The molecule has 1 saturated carbocycles. The zero-order valence-corrected chi connectivity index (χ0v) is 12.4. The van der Waals surface area contributed by atoms with Crippen molar-refractivity contribution < 1.29 is 9.84 Å². The fraction of sp³-hybridized carbons (Fsp3) is 0.588. The Hall–Kier alpha value is -1.57. The number of nitrogens with one attached hydrogen (secondary N) is 1. The molecule has 0 bridgehead atoms. The lowest BCUT2D eigenvalue weighted by Crippen LogP contribution is -2.34. The largest absolute Gasteiger partial charge is 0.489 e. The molecular weight excluding hydrogens is 264 g/mol. The molecule has 4 nitrogen and oxygen atoms in total. The van der Waals surface area contributed by atoms with Crippen molar-refractivity contribution >= 4 is 0 Å². The first-order valence-electron chi connectivity index (χ1n) is 7.80. The summed E-state index contributed by atoms with van der Waals surface area (Å²) in [6.45, 7) is 1.72. The number of nitrogens with zero attached hydrogens (tertiary/aromatic N) is 1. The zero-order chi connectivity index (χ0) is 14.9. The summed E-state index contributed by atoms with van der Waals surface area (Å²) in [4.78, 5) is 0. The number of rotatable bonds is 7. The Balaban J connectivity index is 1.65. The highest BCUT2D eigenvalue weighted by Crippen LogP contribution is 2.22. The fourth-order valence-corrected chi connectivity index (χ4v) is 2.78. The van der Waals surface area contributed by atoms with Crippen molar-refractivity contribution in [2.45, 2.75) is 38.2 Å². The predicted octanol–water partition coefficient (Wildman–Crippen LogP) is 2.47. The number of para-hydroxylation sites is 1. The number of hydrogen-bond donors (Lipinski definition) is 2. The van der Waals surface area contributed by atoms with Crippen LogP contribution in [0.4, 0.5) is 0 Å². The lowest BCUT2D eigenvalue weighted by Gasteiger charge is -2.22. The van der Waals surface area contributed by atoms with Gasteiger partial charge in [0.1, 0.15) is 24.5 Å².